The molecule has 0 bridgehead atoms. The highest BCUT2D eigenvalue weighted by Crippen LogP contribution is 2.46. The summed E-state index contributed by atoms with van der Waals surface area (Å²) in [5.74, 6) is 0. The van der Waals surface area contributed by atoms with E-state index in [1.54, 1.807) is 0 Å². The van der Waals surface area contributed by atoms with Crippen molar-refractivity contribution in [3.63, 3.8) is 0 Å². The number of para-hydroxylation sites is 2. The molecule has 0 fully saturated rings. The van der Waals surface area contributed by atoms with E-state index in [9.17, 15) is 0 Å². The lowest BCUT2D eigenvalue weighted by molar-refractivity contribution is 1.18. The molecule has 254 valence electrons. The van der Waals surface area contributed by atoms with Gasteiger partial charge in [-0.05, 0) is 93.2 Å². The Balaban J connectivity index is 1.16. The van der Waals surface area contributed by atoms with Crippen LogP contribution in [0.25, 0.3) is 71.6 Å². The maximum atomic E-state index is 2.44. The van der Waals surface area contributed by atoms with Gasteiger partial charge < -0.3 is 9.47 Å². The molecular formula is C52H36N2. The minimum absolute atomic E-state index is 1.10. The normalized spacial score (nSPS) is 11.3. The molecular weight excluding hydrogens is 653 g/mol. The quantitative estimate of drug-likeness (QED) is 0.162. The first-order chi connectivity index (χ1) is 26.8. The average Bonchev–Trinajstić information content (AvgIpc) is 3.60. The first-order valence-electron chi connectivity index (χ1n) is 18.5. The lowest BCUT2D eigenvalue weighted by atomic mass is 10.00. The summed E-state index contributed by atoms with van der Waals surface area (Å²) in [6, 6.07) is 78.9. The van der Waals surface area contributed by atoms with E-state index in [4.69, 9.17) is 0 Å². The van der Waals surface area contributed by atoms with Gasteiger partial charge in [0.2, 0.25) is 0 Å². The Kier molecular flexibility index (Phi) is 7.85. The molecule has 0 saturated heterocycles. The SMILES string of the molecule is c1ccc(-c2ccc(N(c3ccccc3-c3ccccc3)c3cccc4c3c3ccccc3n4-c3ccc(-c4ccc5ccccc5c4)cc3)cc2)cc1. The fourth-order valence-electron chi connectivity index (χ4n) is 8.01. The highest BCUT2D eigenvalue weighted by molar-refractivity contribution is 6.17. The number of hydrogen-bond acceptors (Lipinski definition) is 1. The van der Waals surface area contributed by atoms with Crippen LogP contribution >= 0.6 is 0 Å². The standard InChI is InChI=1S/C52H36N2/c1-3-14-37(15-4-1)39-28-32-44(33-29-39)53(48-22-11-9-20-46(48)41-17-5-2-6-18-41)50-24-13-25-51-52(50)47-21-10-12-23-49(47)54(51)45-34-30-40(31-35-45)43-27-26-38-16-7-8-19-42(38)36-43/h1-36H. The van der Waals surface area contributed by atoms with E-state index in [2.05, 4.69) is 228 Å². The van der Waals surface area contributed by atoms with E-state index in [1.807, 2.05) is 0 Å². The van der Waals surface area contributed by atoms with Crippen molar-refractivity contribution in [1.82, 2.24) is 4.57 Å². The Hall–Kier alpha value is -7.16. The molecule has 0 aliphatic heterocycles. The van der Waals surface area contributed by atoms with E-state index in [-0.39, 0.29) is 0 Å². The lowest BCUT2D eigenvalue weighted by Crippen LogP contribution is -2.11. The average molecular weight is 689 g/mol. The maximum Gasteiger partial charge on any atom is 0.0562 e. The summed E-state index contributed by atoms with van der Waals surface area (Å²) in [6.45, 7) is 0. The molecule has 0 amide bonds. The minimum Gasteiger partial charge on any atom is -0.309 e. The molecule has 0 aliphatic carbocycles. The molecule has 0 saturated carbocycles. The Morgan fingerprint density at radius 2 is 0.889 bits per heavy atom. The summed E-state index contributed by atoms with van der Waals surface area (Å²) in [6.07, 6.45) is 0. The predicted octanol–water partition coefficient (Wildman–Crippen LogP) is 14.4. The van der Waals surface area contributed by atoms with E-state index in [1.165, 1.54) is 60.4 Å². The highest BCUT2D eigenvalue weighted by Gasteiger charge is 2.23. The Bertz CT molecular complexity index is 2910. The molecule has 0 radical (unpaired) electrons. The predicted molar refractivity (Wildman–Crippen MR) is 229 cm³/mol. The molecule has 0 unspecified atom stereocenters. The summed E-state index contributed by atoms with van der Waals surface area (Å²) in [4.78, 5) is 2.44. The molecule has 1 heterocycles. The van der Waals surface area contributed by atoms with Crippen LogP contribution in [0.2, 0.25) is 0 Å². The number of aromatic nitrogens is 1. The topological polar surface area (TPSA) is 8.17 Å². The van der Waals surface area contributed by atoms with Crippen LogP contribution < -0.4 is 4.90 Å². The highest BCUT2D eigenvalue weighted by atomic mass is 15.1. The van der Waals surface area contributed by atoms with Gasteiger partial charge in [0.25, 0.3) is 0 Å². The van der Waals surface area contributed by atoms with Crippen molar-refractivity contribution in [3.8, 4) is 39.1 Å². The fourth-order valence-corrected chi connectivity index (χ4v) is 8.01. The van der Waals surface area contributed by atoms with Gasteiger partial charge in [-0.2, -0.15) is 0 Å². The third kappa shape index (κ3) is 5.53. The van der Waals surface area contributed by atoms with Crippen LogP contribution in [-0.2, 0) is 0 Å². The van der Waals surface area contributed by atoms with Crippen molar-refractivity contribution >= 4 is 49.6 Å². The second kappa shape index (κ2) is 13.4. The molecule has 0 atom stereocenters. The molecule has 10 aromatic rings. The molecule has 1 aromatic heterocycles. The van der Waals surface area contributed by atoms with Crippen molar-refractivity contribution in [2.24, 2.45) is 0 Å². The van der Waals surface area contributed by atoms with Crippen LogP contribution in [0.4, 0.5) is 17.1 Å². The van der Waals surface area contributed by atoms with Gasteiger partial charge in [-0.1, -0.05) is 164 Å². The molecule has 2 nitrogen and oxygen atoms in total. The van der Waals surface area contributed by atoms with Gasteiger partial charge in [-0.15, -0.1) is 0 Å². The van der Waals surface area contributed by atoms with Crippen LogP contribution in [0.1, 0.15) is 0 Å². The van der Waals surface area contributed by atoms with E-state index in [0.717, 1.165) is 28.3 Å². The summed E-state index contributed by atoms with van der Waals surface area (Å²) >= 11 is 0. The summed E-state index contributed by atoms with van der Waals surface area (Å²) < 4.78 is 2.41. The number of benzene rings is 9. The molecule has 0 spiro atoms. The first kappa shape index (κ1) is 31.6. The van der Waals surface area contributed by atoms with Gasteiger partial charge in [0, 0.05) is 27.7 Å². The fraction of sp³-hybridized carbons (Fsp3) is 0. The van der Waals surface area contributed by atoms with Crippen molar-refractivity contribution in [2.75, 3.05) is 4.90 Å². The Morgan fingerprint density at radius 3 is 1.69 bits per heavy atom. The summed E-state index contributed by atoms with van der Waals surface area (Å²) in [5, 5.41) is 4.93. The van der Waals surface area contributed by atoms with Gasteiger partial charge in [-0.25, -0.2) is 0 Å². The Labute approximate surface area is 315 Å². The van der Waals surface area contributed by atoms with Gasteiger partial charge in [0.1, 0.15) is 0 Å². The molecule has 0 N–H and O–H groups in total. The lowest BCUT2D eigenvalue weighted by Gasteiger charge is -2.29. The zero-order valence-electron chi connectivity index (χ0n) is 29.7. The van der Waals surface area contributed by atoms with Crippen LogP contribution in [0.15, 0.2) is 218 Å². The van der Waals surface area contributed by atoms with Crippen molar-refractivity contribution in [2.45, 2.75) is 0 Å². The summed E-state index contributed by atoms with van der Waals surface area (Å²) in [7, 11) is 0. The maximum absolute atomic E-state index is 2.44. The zero-order valence-corrected chi connectivity index (χ0v) is 29.7. The molecule has 2 heteroatoms. The molecule has 0 aliphatic rings. The number of anilines is 3. The zero-order chi connectivity index (χ0) is 35.8. The van der Waals surface area contributed by atoms with Gasteiger partial charge >= 0.3 is 0 Å². The van der Waals surface area contributed by atoms with E-state index >= 15 is 0 Å². The number of fused-ring (bicyclic) bond motifs is 4. The third-order valence-electron chi connectivity index (χ3n) is 10.6. The second-order valence-corrected chi connectivity index (χ2v) is 13.8. The molecule has 9 aromatic carbocycles. The largest absolute Gasteiger partial charge is 0.309 e. The van der Waals surface area contributed by atoms with Crippen molar-refractivity contribution < 1.29 is 0 Å². The van der Waals surface area contributed by atoms with E-state index < -0.39 is 0 Å². The monoisotopic (exact) mass is 688 g/mol. The van der Waals surface area contributed by atoms with Gasteiger partial charge in [-0.3, -0.25) is 0 Å². The van der Waals surface area contributed by atoms with Crippen molar-refractivity contribution in [1.29, 1.82) is 0 Å². The van der Waals surface area contributed by atoms with Crippen LogP contribution in [0.3, 0.4) is 0 Å². The summed E-state index contributed by atoms with van der Waals surface area (Å²) in [5.41, 5.74) is 14.0. The number of nitrogens with zero attached hydrogens (tertiary/aromatic N) is 2. The number of hydrogen-bond donors (Lipinski definition) is 0. The van der Waals surface area contributed by atoms with E-state index in [0.29, 0.717) is 0 Å². The molecule has 54 heavy (non-hydrogen) atoms. The Morgan fingerprint density at radius 1 is 0.333 bits per heavy atom. The van der Waals surface area contributed by atoms with Gasteiger partial charge in [0.05, 0.1) is 22.4 Å². The van der Waals surface area contributed by atoms with Crippen LogP contribution in [-0.4, -0.2) is 4.57 Å². The first-order valence-corrected chi connectivity index (χ1v) is 18.5. The minimum atomic E-state index is 1.10. The van der Waals surface area contributed by atoms with Crippen LogP contribution in [0, 0.1) is 0 Å². The van der Waals surface area contributed by atoms with Crippen LogP contribution in [0.5, 0.6) is 0 Å². The smallest absolute Gasteiger partial charge is 0.0562 e. The molecule has 10 rings (SSSR count). The third-order valence-corrected chi connectivity index (χ3v) is 10.6. The van der Waals surface area contributed by atoms with Gasteiger partial charge in [0.15, 0.2) is 0 Å². The van der Waals surface area contributed by atoms with Crippen molar-refractivity contribution in [3.05, 3.63) is 218 Å². The second-order valence-electron chi connectivity index (χ2n) is 13.8. The number of rotatable bonds is 7.